The van der Waals surface area contributed by atoms with Gasteiger partial charge in [-0.05, 0) is 77.7 Å². The number of aryl methyl sites for hydroxylation is 2. The smallest absolute Gasteiger partial charge is 0.227 e. The van der Waals surface area contributed by atoms with E-state index in [2.05, 4.69) is 94.9 Å². The van der Waals surface area contributed by atoms with E-state index < -0.39 is 0 Å². The molecular formula is C36H41N2O+. The fourth-order valence-electron chi connectivity index (χ4n) is 7.57. The van der Waals surface area contributed by atoms with Gasteiger partial charge in [0.2, 0.25) is 11.4 Å². The van der Waals surface area contributed by atoms with Gasteiger partial charge in [0.1, 0.15) is 7.05 Å². The van der Waals surface area contributed by atoms with Crippen molar-refractivity contribution in [2.45, 2.75) is 96.3 Å². The molecule has 0 unspecified atom stereocenters. The van der Waals surface area contributed by atoms with Crippen molar-refractivity contribution in [2.24, 2.45) is 7.05 Å². The van der Waals surface area contributed by atoms with Crippen LogP contribution in [0.5, 0.6) is 0 Å². The van der Waals surface area contributed by atoms with Crippen LogP contribution in [0.15, 0.2) is 53.1 Å². The van der Waals surface area contributed by atoms with Crippen LogP contribution in [0.1, 0.15) is 101 Å². The number of rotatable bonds is 2. The molecule has 3 aromatic heterocycles. The van der Waals surface area contributed by atoms with Crippen molar-refractivity contribution in [3.63, 3.8) is 0 Å². The summed E-state index contributed by atoms with van der Waals surface area (Å²) in [5.74, 6) is 0.666. The molecule has 5 aromatic rings. The molecule has 0 radical (unpaired) electrons. The Morgan fingerprint density at radius 2 is 1.64 bits per heavy atom. The predicted octanol–water partition coefficient (Wildman–Crippen LogP) is 9.33. The minimum Gasteiger partial charge on any atom is -0.437 e. The van der Waals surface area contributed by atoms with Crippen LogP contribution < -0.4 is 4.57 Å². The Morgan fingerprint density at radius 1 is 0.872 bits per heavy atom. The lowest BCUT2D eigenvalue weighted by molar-refractivity contribution is -0.660. The molecule has 0 amide bonds. The largest absolute Gasteiger partial charge is 0.437 e. The van der Waals surface area contributed by atoms with E-state index in [4.69, 9.17) is 9.40 Å². The molecule has 0 aliphatic heterocycles. The highest BCUT2D eigenvalue weighted by molar-refractivity contribution is 6.11. The average molecular weight is 518 g/mol. The van der Waals surface area contributed by atoms with E-state index >= 15 is 0 Å². The Hall–Kier alpha value is -3.20. The van der Waals surface area contributed by atoms with Crippen molar-refractivity contribution >= 4 is 33.0 Å². The summed E-state index contributed by atoms with van der Waals surface area (Å²) in [5, 5.41) is 3.47. The zero-order valence-electron chi connectivity index (χ0n) is 24.4. The number of fused-ring (bicyclic) bond motifs is 6. The molecule has 3 nitrogen and oxygen atoms in total. The van der Waals surface area contributed by atoms with Crippen molar-refractivity contribution < 1.29 is 8.98 Å². The molecule has 0 atom stereocenters. The highest BCUT2D eigenvalue weighted by atomic mass is 16.3. The Balaban J connectivity index is 1.47. The first-order chi connectivity index (χ1) is 18.6. The van der Waals surface area contributed by atoms with E-state index in [9.17, 15) is 0 Å². The lowest BCUT2D eigenvalue weighted by atomic mass is 9.62. The quantitative estimate of drug-likeness (QED) is 0.218. The lowest BCUT2D eigenvalue weighted by Crippen LogP contribution is -2.34. The minimum atomic E-state index is 0.0894. The molecule has 0 N–H and O–H groups in total. The number of nitrogens with zero attached hydrogens (tertiary/aromatic N) is 2. The van der Waals surface area contributed by atoms with Crippen LogP contribution in [0.3, 0.4) is 0 Å². The van der Waals surface area contributed by atoms with Gasteiger partial charge in [-0.1, -0.05) is 71.2 Å². The molecule has 1 fully saturated rings. The number of aromatic nitrogens is 2. The van der Waals surface area contributed by atoms with Gasteiger partial charge in [-0.15, -0.1) is 0 Å². The molecule has 39 heavy (non-hydrogen) atoms. The van der Waals surface area contributed by atoms with E-state index in [1.807, 2.05) is 0 Å². The van der Waals surface area contributed by atoms with Crippen molar-refractivity contribution in [1.29, 1.82) is 0 Å². The van der Waals surface area contributed by atoms with Crippen molar-refractivity contribution in [3.05, 3.63) is 70.9 Å². The second-order valence-electron chi connectivity index (χ2n) is 13.7. The van der Waals surface area contributed by atoms with E-state index in [1.165, 1.54) is 83.8 Å². The maximum absolute atomic E-state index is 6.75. The number of furan rings is 1. The summed E-state index contributed by atoms with van der Waals surface area (Å²) < 4.78 is 9.01. The van der Waals surface area contributed by atoms with E-state index in [1.54, 1.807) is 0 Å². The molecule has 2 aliphatic rings. The summed E-state index contributed by atoms with van der Waals surface area (Å²) in [5.41, 5.74) is 11.0. The molecule has 200 valence electrons. The van der Waals surface area contributed by atoms with Crippen molar-refractivity contribution in [1.82, 2.24) is 4.98 Å². The summed E-state index contributed by atoms with van der Waals surface area (Å²) in [6, 6.07) is 16.2. The number of hydrogen-bond donors (Lipinski definition) is 0. The summed E-state index contributed by atoms with van der Waals surface area (Å²) in [6.45, 7) is 11.7. The molecule has 0 spiro atoms. The minimum absolute atomic E-state index is 0.0894. The molecule has 7 rings (SSSR count). The maximum Gasteiger partial charge on any atom is 0.227 e. The third-order valence-electron chi connectivity index (χ3n) is 10.1. The number of pyridine rings is 2. The van der Waals surface area contributed by atoms with Crippen LogP contribution in [0.25, 0.3) is 44.2 Å². The Morgan fingerprint density at radius 3 is 2.44 bits per heavy atom. The standard InChI is InChI=1S/C36H41N2O/c1-22-12-14-26-27-20-25-13-15-28-31(36(4,5)18-17-35(28,2)3)32(25)37-34(27)39-33(26)30(22)29-21-24(16-19-38(29)6)23-10-8-7-9-11-23/h12-16,19-21,23H,7-11,17-18H2,1-6H3/q+1. The summed E-state index contributed by atoms with van der Waals surface area (Å²) in [4.78, 5) is 5.29. The molecule has 3 heteroatoms. The van der Waals surface area contributed by atoms with Crippen molar-refractivity contribution in [2.75, 3.05) is 0 Å². The first kappa shape index (κ1) is 24.8. The molecule has 1 saturated carbocycles. The van der Waals surface area contributed by atoms with E-state index in [-0.39, 0.29) is 10.8 Å². The Labute approximate surface area is 232 Å². The SMILES string of the molecule is Cc1ccc2c(oc3nc4c5c(ccc4cc32)C(C)(C)CCC5(C)C)c1-c1cc(C2CCCCC2)cc[n+]1C. The van der Waals surface area contributed by atoms with Gasteiger partial charge < -0.3 is 4.42 Å². The van der Waals surface area contributed by atoms with Gasteiger partial charge in [0.25, 0.3) is 0 Å². The monoisotopic (exact) mass is 517 g/mol. The number of benzene rings is 2. The average Bonchev–Trinajstić information content (AvgIpc) is 3.28. The third kappa shape index (κ3) is 3.84. The third-order valence-corrected chi connectivity index (χ3v) is 10.1. The molecule has 0 saturated heterocycles. The zero-order chi connectivity index (χ0) is 27.1. The normalized spacial score (nSPS) is 19.1. The number of hydrogen-bond acceptors (Lipinski definition) is 2. The van der Waals surface area contributed by atoms with E-state index in [0.29, 0.717) is 5.92 Å². The topological polar surface area (TPSA) is 29.9 Å². The molecular weight excluding hydrogens is 476 g/mol. The maximum atomic E-state index is 6.75. The highest BCUT2D eigenvalue weighted by Gasteiger charge is 2.39. The second kappa shape index (κ2) is 8.65. The second-order valence-corrected chi connectivity index (χ2v) is 13.7. The molecule has 3 heterocycles. The van der Waals surface area contributed by atoms with Crippen LogP contribution in [-0.4, -0.2) is 4.98 Å². The molecule has 2 aliphatic carbocycles. The van der Waals surface area contributed by atoms with Gasteiger partial charge in [-0.2, -0.15) is 0 Å². The lowest BCUT2D eigenvalue weighted by Gasteiger charge is -2.42. The fourth-order valence-corrected chi connectivity index (χ4v) is 7.57. The van der Waals surface area contributed by atoms with Gasteiger partial charge in [-0.25, -0.2) is 9.55 Å². The molecule has 0 bridgehead atoms. The first-order valence-electron chi connectivity index (χ1n) is 14.9. The first-order valence-corrected chi connectivity index (χ1v) is 14.9. The van der Waals surface area contributed by atoms with Crippen LogP contribution in [0.4, 0.5) is 0 Å². The fraction of sp³-hybridized carbons (Fsp3) is 0.444. The Kier molecular flexibility index (Phi) is 5.50. The highest BCUT2D eigenvalue weighted by Crippen LogP contribution is 2.49. The predicted molar refractivity (Wildman–Crippen MR) is 161 cm³/mol. The van der Waals surface area contributed by atoms with Crippen LogP contribution >= 0.6 is 0 Å². The van der Waals surface area contributed by atoms with Crippen LogP contribution in [0, 0.1) is 6.92 Å². The Bertz CT molecular complexity index is 1760. The van der Waals surface area contributed by atoms with Crippen molar-refractivity contribution in [3.8, 4) is 11.3 Å². The summed E-state index contributed by atoms with van der Waals surface area (Å²) in [6.07, 6.45) is 11.3. The zero-order valence-corrected chi connectivity index (χ0v) is 24.4. The van der Waals surface area contributed by atoms with Gasteiger partial charge in [0.15, 0.2) is 11.8 Å². The van der Waals surface area contributed by atoms with Crippen LogP contribution in [0.2, 0.25) is 0 Å². The molecule has 2 aromatic carbocycles. The van der Waals surface area contributed by atoms with E-state index in [0.717, 1.165) is 27.6 Å². The van der Waals surface area contributed by atoms with Gasteiger partial charge in [-0.3, -0.25) is 0 Å². The summed E-state index contributed by atoms with van der Waals surface area (Å²) >= 11 is 0. The van der Waals surface area contributed by atoms with Gasteiger partial charge in [0.05, 0.1) is 11.1 Å². The van der Waals surface area contributed by atoms with Gasteiger partial charge >= 0.3 is 0 Å². The summed E-state index contributed by atoms with van der Waals surface area (Å²) in [7, 11) is 2.16. The van der Waals surface area contributed by atoms with Crippen LogP contribution in [-0.2, 0) is 17.9 Å². The van der Waals surface area contributed by atoms with Gasteiger partial charge in [0, 0.05) is 28.3 Å².